The van der Waals surface area contributed by atoms with Gasteiger partial charge in [-0.3, -0.25) is 0 Å². The van der Waals surface area contributed by atoms with Crippen LogP contribution < -0.4 is 5.69 Å². The first-order chi connectivity index (χ1) is 13.5. The summed E-state index contributed by atoms with van der Waals surface area (Å²) in [5.41, 5.74) is 1.69. The van der Waals surface area contributed by atoms with Gasteiger partial charge in [-0.2, -0.15) is 14.5 Å². The molecule has 4 aromatic rings. The minimum absolute atomic E-state index is 0.417. The Morgan fingerprint density at radius 1 is 1.11 bits per heavy atom. The average Bonchev–Trinajstić information content (AvgIpc) is 3.30. The number of hydrogen-bond acceptors (Lipinski definition) is 5. The van der Waals surface area contributed by atoms with Crippen molar-refractivity contribution >= 4 is 27.5 Å². The number of halogens is 2. The topological polar surface area (TPSA) is 90.8 Å². The molecule has 0 radical (unpaired) electrons. The van der Waals surface area contributed by atoms with Gasteiger partial charge in [-0.05, 0) is 52.9 Å². The van der Waals surface area contributed by atoms with Crippen LogP contribution >= 0.6 is 27.5 Å². The number of aryl methyl sites for hydroxylation is 1. The highest BCUT2D eigenvalue weighted by Gasteiger charge is 2.23. The number of aliphatic hydroxyl groups excluding tert-OH is 1. The van der Waals surface area contributed by atoms with Crippen LogP contribution in [0.4, 0.5) is 0 Å². The molecule has 0 aliphatic rings. The van der Waals surface area contributed by atoms with Gasteiger partial charge in [0.05, 0.1) is 17.1 Å². The smallest absolute Gasteiger partial charge is 0.368 e. The van der Waals surface area contributed by atoms with E-state index in [1.807, 2.05) is 12.1 Å². The van der Waals surface area contributed by atoms with Crippen molar-refractivity contribution < 1.29 is 5.11 Å². The predicted octanol–water partition coefficient (Wildman–Crippen LogP) is 2.65. The van der Waals surface area contributed by atoms with Gasteiger partial charge in [0.15, 0.2) is 0 Å². The van der Waals surface area contributed by atoms with Crippen LogP contribution in [0.5, 0.6) is 0 Å². The van der Waals surface area contributed by atoms with Crippen LogP contribution in [0.3, 0.4) is 0 Å². The third-order valence-corrected chi connectivity index (χ3v) is 5.18. The van der Waals surface area contributed by atoms with Crippen molar-refractivity contribution in [2.75, 3.05) is 0 Å². The number of benzene rings is 2. The number of aromatic nitrogens is 6. The maximum absolute atomic E-state index is 12.3. The van der Waals surface area contributed by atoms with Gasteiger partial charge in [0.2, 0.25) is 0 Å². The lowest BCUT2D eigenvalue weighted by Gasteiger charge is -2.15. The monoisotopic (exact) mass is 460 g/mol. The Hall–Kier alpha value is -2.75. The second-order valence-electron chi connectivity index (χ2n) is 6.03. The molecule has 1 unspecified atom stereocenters. The van der Waals surface area contributed by atoms with Crippen LogP contribution in [0.2, 0.25) is 5.02 Å². The van der Waals surface area contributed by atoms with E-state index in [-0.39, 0.29) is 0 Å². The molecule has 0 aliphatic heterocycles. The van der Waals surface area contributed by atoms with E-state index in [9.17, 15) is 9.90 Å². The van der Waals surface area contributed by atoms with Crippen molar-refractivity contribution in [1.82, 2.24) is 29.6 Å². The SMILES string of the molecule is Cn1nnn(-c2cccc(Br)c2C(O)c2ccn(-c3ccc(Cl)cc3)n2)c1=O. The molecule has 0 saturated carbocycles. The molecular formula is C18H14BrClN6O2. The predicted molar refractivity (Wildman–Crippen MR) is 107 cm³/mol. The van der Waals surface area contributed by atoms with Crippen molar-refractivity contribution in [2.24, 2.45) is 7.05 Å². The van der Waals surface area contributed by atoms with Crippen molar-refractivity contribution in [2.45, 2.75) is 6.10 Å². The molecule has 0 fully saturated rings. The van der Waals surface area contributed by atoms with E-state index >= 15 is 0 Å². The van der Waals surface area contributed by atoms with Crippen molar-refractivity contribution in [3.63, 3.8) is 0 Å². The molecule has 10 heteroatoms. The fraction of sp³-hybridized carbons (Fsp3) is 0.111. The van der Waals surface area contributed by atoms with Crippen molar-refractivity contribution in [1.29, 1.82) is 0 Å². The molecule has 0 aliphatic carbocycles. The Morgan fingerprint density at radius 3 is 2.54 bits per heavy atom. The summed E-state index contributed by atoms with van der Waals surface area (Å²) in [7, 11) is 1.51. The van der Waals surface area contributed by atoms with E-state index in [0.29, 0.717) is 26.4 Å². The highest BCUT2D eigenvalue weighted by atomic mass is 79.9. The molecule has 142 valence electrons. The molecule has 1 atom stereocenters. The van der Waals surface area contributed by atoms with Crippen LogP contribution in [-0.4, -0.2) is 34.7 Å². The van der Waals surface area contributed by atoms with E-state index in [1.54, 1.807) is 47.3 Å². The molecule has 2 heterocycles. The lowest BCUT2D eigenvalue weighted by Crippen LogP contribution is -2.23. The van der Waals surface area contributed by atoms with Gasteiger partial charge in [-0.25, -0.2) is 9.48 Å². The molecule has 1 N–H and O–H groups in total. The molecule has 0 bridgehead atoms. The Morgan fingerprint density at radius 2 is 1.86 bits per heavy atom. The minimum Gasteiger partial charge on any atom is -0.382 e. The van der Waals surface area contributed by atoms with Gasteiger partial charge in [-0.1, -0.05) is 33.6 Å². The summed E-state index contributed by atoms with van der Waals surface area (Å²) < 4.78 is 4.52. The summed E-state index contributed by atoms with van der Waals surface area (Å²) in [5.74, 6) is 0. The molecule has 0 saturated heterocycles. The lowest BCUT2D eigenvalue weighted by molar-refractivity contribution is 0.213. The zero-order valence-electron chi connectivity index (χ0n) is 14.6. The first-order valence-corrected chi connectivity index (χ1v) is 9.40. The van der Waals surface area contributed by atoms with Crippen LogP contribution in [0.1, 0.15) is 17.4 Å². The first kappa shape index (κ1) is 18.6. The number of aliphatic hydroxyl groups is 1. The lowest BCUT2D eigenvalue weighted by atomic mass is 10.0. The summed E-state index contributed by atoms with van der Waals surface area (Å²) in [6.07, 6.45) is 0.653. The summed E-state index contributed by atoms with van der Waals surface area (Å²) in [4.78, 5) is 12.3. The van der Waals surface area contributed by atoms with E-state index in [0.717, 1.165) is 15.1 Å². The quantitative estimate of drug-likeness (QED) is 0.504. The molecule has 8 nitrogen and oxygen atoms in total. The number of rotatable bonds is 4. The van der Waals surface area contributed by atoms with E-state index in [4.69, 9.17) is 11.6 Å². The molecular weight excluding hydrogens is 448 g/mol. The normalized spacial score (nSPS) is 12.3. The van der Waals surface area contributed by atoms with Gasteiger partial charge in [0.1, 0.15) is 6.10 Å². The fourth-order valence-corrected chi connectivity index (χ4v) is 3.51. The minimum atomic E-state index is -1.09. The third-order valence-electron chi connectivity index (χ3n) is 4.23. The second kappa shape index (κ2) is 7.34. The van der Waals surface area contributed by atoms with Crippen LogP contribution in [-0.2, 0) is 7.05 Å². The van der Waals surface area contributed by atoms with Gasteiger partial charge in [-0.15, -0.1) is 0 Å². The van der Waals surface area contributed by atoms with Gasteiger partial charge in [0.25, 0.3) is 0 Å². The largest absolute Gasteiger partial charge is 0.382 e. The van der Waals surface area contributed by atoms with E-state index in [1.165, 1.54) is 7.05 Å². The molecule has 0 spiro atoms. The maximum Gasteiger partial charge on any atom is 0.368 e. The van der Waals surface area contributed by atoms with E-state index < -0.39 is 11.8 Å². The maximum atomic E-state index is 12.3. The zero-order valence-corrected chi connectivity index (χ0v) is 16.9. The van der Waals surface area contributed by atoms with Gasteiger partial charge < -0.3 is 5.11 Å². The van der Waals surface area contributed by atoms with Crippen LogP contribution in [0, 0.1) is 0 Å². The summed E-state index contributed by atoms with van der Waals surface area (Å²) in [6, 6.07) is 14.1. The number of nitrogens with zero attached hydrogens (tertiary/aromatic N) is 6. The fourth-order valence-electron chi connectivity index (χ4n) is 2.82. The third kappa shape index (κ3) is 3.28. The Labute approximate surface area is 172 Å². The average molecular weight is 462 g/mol. The molecule has 2 aromatic heterocycles. The molecule has 28 heavy (non-hydrogen) atoms. The number of tetrazole rings is 1. The van der Waals surface area contributed by atoms with Crippen LogP contribution in [0.15, 0.2) is 64.0 Å². The molecule has 0 amide bonds. The highest BCUT2D eigenvalue weighted by Crippen LogP contribution is 2.32. The van der Waals surface area contributed by atoms with Crippen LogP contribution in [0.25, 0.3) is 11.4 Å². The van der Waals surface area contributed by atoms with Gasteiger partial charge >= 0.3 is 5.69 Å². The summed E-state index contributed by atoms with van der Waals surface area (Å²) >= 11 is 9.38. The summed E-state index contributed by atoms with van der Waals surface area (Å²) in [6.45, 7) is 0. The second-order valence-corrected chi connectivity index (χ2v) is 7.32. The Bertz CT molecular complexity index is 1200. The summed E-state index contributed by atoms with van der Waals surface area (Å²) in [5, 5.41) is 23.7. The zero-order chi connectivity index (χ0) is 19.8. The van der Waals surface area contributed by atoms with E-state index in [2.05, 4.69) is 31.5 Å². The molecule has 2 aromatic carbocycles. The standard InChI is InChI=1S/C18H14BrClN6O2/c1-24-18(28)26(23-22-24)15-4-2-3-13(19)16(15)17(27)14-9-10-25(21-14)12-7-5-11(20)6-8-12/h2-10,17,27H,1H3. The van der Waals surface area contributed by atoms with Crippen molar-refractivity contribution in [3.8, 4) is 11.4 Å². The number of hydrogen-bond donors (Lipinski definition) is 1. The molecule has 4 rings (SSSR count). The van der Waals surface area contributed by atoms with Crippen molar-refractivity contribution in [3.05, 3.63) is 86.0 Å². The Balaban J connectivity index is 1.77. The van der Waals surface area contributed by atoms with Gasteiger partial charge in [0, 0.05) is 28.3 Å². The first-order valence-electron chi connectivity index (χ1n) is 8.23. The highest BCUT2D eigenvalue weighted by molar-refractivity contribution is 9.10. The Kier molecular flexibility index (Phi) is 4.88.